The summed E-state index contributed by atoms with van der Waals surface area (Å²) >= 11 is 6.20. The van der Waals surface area contributed by atoms with Gasteiger partial charge in [0.2, 0.25) is 11.0 Å². The molecule has 164 valence electrons. The molecular weight excluding hydrogens is 445 g/mol. The minimum absolute atomic E-state index is 0.0451. The Morgan fingerprint density at radius 2 is 1.53 bits per heavy atom. The van der Waals surface area contributed by atoms with Crippen molar-refractivity contribution in [2.24, 2.45) is 0 Å². The molecular formula is C23H17BClF4NO2. The maximum Gasteiger partial charge on any atom is 0.673 e. The second kappa shape index (κ2) is 9.83. The number of hydrogen-bond acceptors (Lipinski definition) is 2. The van der Waals surface area contributed by atoms with Gasteiger partial charge in [-0.05, 0) is 37.3 Å². The first-order valence-electron chi connectivity index (χ1n) is 9.47. The number of Topliss-reactive ketones (excluding diaryl/α,β-unsaturated/α-hetero) is 1. The Morgan fingerprint density at radius 1 is 0.906 bits per heavy atom. The zero-order valence-electron chi connectivity index (χ0n) is 16.8. The van der Waals surface area contributed by atoms with Crippen molar-refractivity contribution in [2.75, 3.05) is 0 Å². The van der Waals surface area contributed by atoms with Crippen LogP contribution < -0.4 is 10.3 Å². The molecule has 0 aliphatic carbocycles. The van der Waals surface area contributed by atoms with Gasteiger partial charge in [-0.15, -0.1) is 0 Å². The van der Waals surface area contributed by atoms with Crippen LogP contribution in [0.4, 0.5) is 23.0 Å². The molecule has 3 nitrogen and oxygen atoms in total. The fraction of sp³-hybridized carbons (Fsp3) is 0.0435. The van der Waals surface area contributed by atoms with Crippen LogP contribution in [0.1, 0.15) is 17.3 Å². The molecule has 0 aliphatic rings. The Bertz CT molecular complexity index is 1300. The number of ketones is 1. The first kappa shape index (κ1) is 23.3. The Balaban J connectivity index is 0.000000523. The van der Waals surface area contributed by atoms with E-state index in [-0.39, 0.29) is 5.78 Å². The summed E-state index contributed by atoms with van der Waals surface area (Å²) in [5.74, 6) is 0.803. The average molecular weight is 462 g/mol. The predicted octanol–water partition coefficient (Wildman–Crippen LogP) is 5.57. The molecule has 1 aromatic heterocycles. The second-order valence-electron chi connectivity index (χ2n) is 6.78. The van der Waals surface area contributed by atoms with Gasteiger partial charge in [-0.1, -0.05) is 41.9 Å². The molecule has 0 bridgehead atoms. The third-order valence-corrected chi connectivity index (χ3v) is 4.59. The minimum atomic E-state index is -6.00. The van der Waals surface area contributed by atoms with Crippen molar-refractivity contribution in [2.45, 2.75) is 6.92 Å². The van der Waals surface area contributed by atoms with E-state index >= 15 is 0 Å². The van der Waals surface area contributed by atoms with Gasteiger partial charge in [0.15, 0.2) is 5.78 Å². The SMILES string of the molecule is CC(=O)c1ccc([NH+]=c2cc(-c3ccccc3)oc3ccc(Cl)cc23)cc1.F[B-](F)(F)F. The van der Waals surface area contributed by atoms with Crippen LogP contribution >= 0.6 is 11.6 Å². The predicted molar refractivity (Wildman–Crippen MR) is 117 cm³/mol. The Kier molecular flexibility index (Phi) is 7.15. The monoisotopic (exact) mass is 461 g/mol. The van der Waals surface area contributed by atoms with Crippen molar-refractivity contribution in [3.8, 4) is 11.3 Å². The molecule has 0 atom stereocenters. The van der Waals surface area contributed by atoms with Crippen LogP contribution in [-0.2, 0) is 0 Å². The molecule has 9 heteroatoms. The lowest BCUT2D eigenvalue weighted by Crippen LogP contribution is -2.70. The molecule has 4 aromatic rings. The van der Waals surface area contributed by atoms with E-state index < -0.39 is 7.25 Å². The highest BCUT2D eigenvalue weighted by atomic mass is 35.5. The van der Waals surface area contributed by atoms with E-state index in [0.717, 1.165) is 33.3 Å². The third-order valence-electron chi connectivity index (χ3n) is 4.36. The van der Waals surface area contributed by atoms with Crippen LogP contribution in [-0.4, -0.2) is 13.0 Å². The van der Waals surface area contributed by atoms with Crippen LogP contribution in [0.2, 0.25) is 5.02 Å². The summed E-state index contributed by atoms with van der Waals surface area (Å²) in [7, 11) is -6.00. The van der Waals surface area contributed by atoms with Crippen molar-refractivity contribution in [3.05, 3.63) is 94.8 Å². The number of benzene rings is 3. The lowest BCUT2D eigenvalue weighted by molar-refractivity contribution is -0.400. The fourth-order valence-corrected chi connectivity index (χ4v) is 3.12. The topological polar surface area (TPSA) is 44.2 Å². The molecule has 1 N–H and O–H groups in total. The van der Waals surface area contributed by atoms with E-state index in [1.54, 1.807) is 6.92 Å². The fourth-order valence-electron chi connectivity index (χ4n) is 2.95. The quantitative estimate of drug-likeness (QED) is 0.246. The zero-order chi connectivity index (χ0) is 23.3. The zero-order valence-corrected chi connectivity index (χ0v) is 17.5. The van der Waals surface area contributed by atoms with Gasteiger partial charge in [0.1, 0.15) is 11.3 Å². The minimum Gasteiger partial charge on any atom is -0.456 e. The molecule has 1 heterocycles. The van der Waals surface area contributed by atoms with E-state index in [9.17, 15) is 22.1 Å². The Hall–Kier alpha value is -3.39. The maximum absolute atomic E-state index is 11.5. The van der Waals surface area contributed by atoms with E-state index in [2.05, 4.69) is 4.99 Å². The molecule has 3 aromatic carbocycles. The molecule has 0 saturated carbocycles. The van der Waals surface area contributed by atoms with E-state index in [1.807, 2.05) is 78.9 Å². The lowest BCUT2D eigenvalue weighted by Gasteiger charge is -2.03. The van der Waals surface area contributed by atoms with Gasteiger partial charge in [-0.2, -0.15) is 0 Å². The first-order valence-corrected chi connectivity index (χ1v) is 9.85. The van der Waals surface area contributed by atoms with Crippen molar-refractivity contribution >= 4 is 41.3 Å². The van der Waals surface area contributed by atoms with Gasteiger partial charge in [0, 0.05) is 28.3 Å². The van der Waals surface area contributed by atoms with E-state index in [1.165, 1.54) is 0 Å². The van der Waals surface area contributed by atoms with Crippen molar-refractivity contribution < 1.29 is 31.5 Å². The number of nitrogens with one attached hydrogen (secondary N) is 1. The highest BCUT2D eigenvalue weighted by Crippen LogP contribution is 2.23. The normalized spacial score (nSPS) is 11.8. The molecule has 4 rings (SSSR count). The largest absolute Gasteiger partial charge is 0.673 e. The number of carbonyl (C=O) groups is 1. The summed E-state index contributed by atoms with van der Waals surface area (Å²) in [5.41, 5.74) is 3.29. The summed E-state index contributed by atoms with van der Waals surface area (Å²) in [5, 5.41) is 2.41. The van der Waals surface area contributed by atoms with Crippen LogP contribution in [0.5, 0.6) is 0 Å². The van der Waals surface area contributed by atoms with Crippen LogP contribution in [0.3, 0.4) is 0 Å². The molecule has 0 fully saturated rings. The van der Waals surface area contributed by atoms with Crippen molar-refractivity contribution in [1.82, 2.24) is 0 Å². The highest BCUT2D eigenvalue weighted by molar-refractivity contribution is 6.50. The molecule has 0 spiro atoms. The number of carbonyl (C=O) groups excluding carboxylic acids is 1. The average Bonchev–Trinajstić information content (AvgIpc) is 2.74. The van der Waals surface area contributed by atoms with Gasteiger partial charge in [0.25, 0.3) is 0 Å². The number of hydrogen-bond donors (Lipinski definition) is 1. The van der Waals surface area contributed by atoms with Gasteiger partial charge in [-0.3, -0.25) is 4.79 Å². The van der Waals surface area contributed by atoms with Gasteiger partial charge >= 0.3 is 7.25 Å². The van der Waals surface area contributed by atoms with Gasteiger partial charge in [-0.25, -0.2) is 4.99 Å². The van der Waals surface area contributed by atoms with Crippen LogP contribution in [0.15, 0.2) is 83.3 Å². The lowest BCUT2D eigenvalue weighted by atomic mass is 10.1. The van der Waals surface area contributed by atoms with Crippen molar-refractivity contribution in [1.29, 1.82) is 0 Å². The summed E-state index contributed by atoms with van der Waals surface area (Å²) in [6.07, 6.45) is 0. The number of rotatable bonds is 3. The molecule has 0 amide bonds. The van der Waals surface area contributed by atoms with E-state index in [4.69, 9.17) is 16.0 Å². The van der Waals surface area contributed by atoms with E-state index in [0.29, 0.717) is 10.6 Å². The summed E-state index contributed by atoms with van der Waals surface area (Å²) in [6, 6.07) is 24.9. The molecule has 0 radical (unpaired) electrons. The molecule has 0 aliphatic heterocycles. The standard InChI is InChI=1S/C23H16ClNO2.BF4/c1-15(26)16-7-10-19(11-8-16)25-21-14-23(17-5-3-2-4-6-17)27-22-12-9-18(24)13-20(21)22;2-1(3,4)5/h2-14H,1H3;/q;-1/p+1. The summed E-state index contributed by atoms with van der Waals surface area (Å²) in [6.45, 7) is 1.56. The Labute approximate surface area is 186 Å². The van der Waals surface area contributed by atoms with Gasteiger partial charge < -0.3 is 21.7 Å². The molecule has 0 unspecified atom stereocenters. The Morgan fingerprint density at radius 3 is 2.12 bits per heavy atom. The summed E-state index contributed by atoms with van der Waals surface area (Å²) < 4.78 is 45.1. The maximum atomic E-state index is 11.5. The summed E-state index contributed by atoms with van der Waals surface area (Å²) in [4.78, 5) is 14.9. The smallest absolute Gasteiger partial charge is 0.456 e. The van der Waals surface area contributed by atoms with Gasteiger partial charge in [0.05, 0.1) is 11.5 Å². The molecule has 32 heavy (non-hydrogen) atoms. The number of fused-ring (bicyclic) bond motifs is 1. The molecule has 0 saturated heterocycles. The van der Waals surface area contributed by atoms with Crippen LogP contribution in [0, 0.1) is 0 Å². The first-order chi connectivity index (χ1) is 15.1. The number of halogens is 5. The second-order valence-corrected chi connectivity index (χ2v) is 7.22. The van der Waals surface area contributed by atoms with Crippen molar-refractivity contribution in [3.63, 3.8) is 0 Å². The third kappa shape index (κ3) is 6.55. The van der Waals surface area contributed by atoms with Crippen LogP contribution in [0.25, 0.3) is 22.3 Å². The highest BCUT2D eigenvalue weighted by Gasteiger charge is 2.20.